The molecule has 1 atom stereocenters. The summed E-state index contributed by atoms with van der Waals surface area (Å²) in [5.74, 6) is -0.199. The molecule has 3 aromatic rings. The molecule has 0 spiro atoms. The molecule has 0 aliphatic carbocycles. The van der Waals surface area contributed by atoms with Gasteiger partial charge in [-0.15, -0.1) is 0 Å². The number of nitrogens with one attached hydrogen (secondary N) is 3. The van der Waals surface area contributed by atoms with Crippen LogP contribution in [0, 0.1) is 0 Å². The second kappa shape index (κ2) is 5.72. The quantitative estimate of drug-likeness (QED) is 0.624. The third-order valence-electron chi connectivity index (χ3n) is 5.73. The molecule has 2 aliphatic rings. The van der Waals surface area contributed by atoms with Gasteiger partial charge in [-0.2, -0.15) is 0 Å². The molecule has 2 aliphatic heterocycles. The lowest BCUT2D eigenvalue weighted by Crippen LogP contribution is -2.36. The van der Waals surface area contributed by atoms with Gasteiger partial charge in [0, 0.05) is 21.9 Å². The van der Waals surface area contributed by atoms with Crippen molar-refractivity contribution in [2.45, 2.75) is 24.9 Å². The van der Waals surface area contributed by atoms with Crippen molar-refractivity contribution in [1.29, 1.82) is 0 Å². The topological polar surface area (TPSA) is 66.1 Å². The minimum atomic E-state index is -0.199. The summed E-state index contributed by atoms with van der Waals surface area (Å²) >= 11 is 0. The van der Waals surface area contributed by atoms with Gasteiger partial charge in [-0.05, 0) is 42.6 Å². The Morgan fingerprint density at radius 3 is 2.73 bits per heavy atom. The van der Waals surface area contributed by atoms with Crippen LogP contribution in [0.4, 0.5) is 0 Å². The predicted molar refractivity (Wildman–Crippen MR) is 103 cm³/mol. The molecule has 3 heterocycles. The monoisotopic (exact) mass is 345 g/mol. The summed E-state index contributed by atoms with van der Waals surface area (Å²) < 4.78 is 0. The van der Waals surface area contributed by atoms with Gasteiger partial charge in [0.05, 0.1) is 11.3 Å². The van der Waals surface area contributed by atoms with E-state index in [1.165, 1.54) is 12.0 Å². The summed E-state index contributed by atoms with van der Waals surface area (Å²) in [7, 11) is 2.27. The number of amides is 1. The zero-order valence-corrected chi connectivity index (χ0v) is 14.7. The number of carbonyl (C=O) groups is 1. The molecule has 1 amide bonds. The molecule has 5 rings (SSSR count). The van der Waals surface area contributed by atoms with E-state index in [4.69, 9.17) is 4.84 Å². The van der Waals surface area contributed by atoms with E-state index in [2.05, 4.69) is 47.9 Å². The lowest BCUT2D eigenvalue weighted by atomic mass is 9.71. The maximum absolute atomic E-state index is 12.2. The Bertz CT molecular complexity index is 1000. The number of carbonyl (C=O) groups excluding carboxylic acids is 1. The molecule has 26 heavy (non-hydrogen) atoms. The van der Waals surface area contributed by atoms with Gasteiger partial charge in [0.25, 0.3) is 5.91 Å². The zero-order chi connectivity index (χ0) is 17.7. The largest absolute Gasteiger partial charge is 0.354 e. The first-order valence-corrected chi connectivity index (χ1v) is 9.07. The average molecular weight is 345 g/mol. The third kappa shape index (κ3) is 2.30. The van der Waals surface area contributed by atoms with Gasteiger partial charge in [0.2, 0.25) is 0 Å². The van der Waals surface area contributed by atoms with Crippen molar-refractivity contribution in [2.75, 3.05) is 6.54 Å². The molecule has 1 fully saturated rings. The number of hydrogen-bond acceptors (Lipinski definition) is 3. The average Bonchev–Trinajstić information content (AvgIpc) is 3.22. The smallest absolute Gasteiger partial charge is 0.275 e. The van der Waals surface area contributed by atoms with Gasteiger partial charge in [-0.25, -0.2) is 5.48 Å². The standard InChI is InChI=1S/C20H20BN3O2/c21-20(9-2-10-22-20)13-7-5-12(6-8-13)18-15-11-26-24-19(25)14-3-1-4-16(23-18)17(14)15/h1,3-8,22-23H,2,9-11,21H2,(H,24,25)/t20-/m0/s1. The van der Waals surface area contributed by atoms with Crippen LogP contribution in [0.25, 0.3) is 22.2 Å². The molecule has 6 heteroatoms. The predicted octanol–water partition coefficient (Wildman–Crippen LogP) is 2.18. The van der Waals surface area contributed by atoms with Crippen molar-refractivity contribution < 1.29 is 9.63 Å². The van der Waals surface area contributed by atoms with E-state index >= 15 is 0 Å². The second-order valence-electron chi connectivity index (χ2n) is 7.37. The lowest BCUT2D eigenvalue weighted by molar-refractivity contribution is 0.0256. The van der Waals surface area contributed by atoms with Crippen molar-refractivity contribution in [1.82, 2.24) is 15.8 Å². The number of aromatic nitrogens is 1. The molecule has 1 aromatic heterocycles. The second-order valence-corrected chi connectivity index (χ2v) is 7.37. The van der Waals surface area contributed by atoms with Gasteiger partial charge in [0.15, 0.2) is 0 Å². The summed E-state index contributed by atoms with van der Waals surface area (Å²) in [6.07, 6.45) is 2.38. The summed E-state index contributed by atoms with van der Waals surface area (Å²) in [6.45, 7) is 1.42. The van der Waals surface area contributed by atoms with Crippen LogP contribution in [0.2, 0.25) is 0 Å². The van der Waals surface area contributed by atoms with E-state index in [1.54, 1.807) is 0 Å². The van der Waals surface area contributed by atoms with E-state index in [0.717, 1.165) is 40.7 Å². The zero-order valence-electron chi connectivity index (χ0n) is 14.7. The van der Waals surface area contributed by atoms with E-state index in [1.807, 2.05) is 18.2 Å². The number of H-pyrrole nitrogens is 1. The highest BCUT2D eigenvalue weighted by Gasteiger charge is 2.30. The Morgan fingerprint density at radius 1 is 1.12 bits per heavy atom. The van der Waals surface area contributed by atoms with E-state index in [-0.39, 0.29) is 11.3 Å². The fourth-order valence-electron chi connectivity index (χ4n) is 4.27. The highest BCUT2D eigenvalue weighted by molar-refractivity contribution is 6.15. The van der Waals surface area contributed by atoms with Gasteiger partial charge >= 0.3 is 0 Å². The van der Waals surface area contributed by atoms with Crippen molar-refractivity contribution in [3.05, 3.63) is 59.2 Å². The van der Waals surface area contributed by atoms with Gasteiger partial charge < -0.3 is 10.3 Å². The van der Waals surface area contributed by atoms with E-state index in [9.17, 15) is 4.79 Å². The van der Waals surface area contributed by atoms with Crippen molar-refractivity contribution in [3.8, 4) is 11.3 Å². The van der Waals surface area contributed by atoms with E-state index in [0.29, 0.717) is 12.2 Å². The molecule has 0 saturated carbocycles. The van der Waals surface area contributed by atoms with Gasteiger partial charge in [-0.1, -0.05) is 30.3 Å². The van der Waals surface area contributed by atoms with Crippen LogP contribution >= 0.6 is 0 Å². The minimum absolute atomic E-state index is 0.0668. The molecular formula is C20H20BN3O2. The normalized spacial score (nSPS) is 22.4. The molecule has 0 radical (unpaired) electrons. The van der Waals surface area contributed by atoms with Crippen LogP contribution in [-0.2, 0) is 16.9 Å². The maximum atomic E-state index is 12.2. The summed E-state index contributed by atoms with van der Waals surface area (Å²) in [6, 6.07) is 14.4. The SMILES string of the molecule is B[C@@]1(c2ccc(-c3[nH]c4cccc5c4c3CONC5=O)cc2)CCCN1. The van der Waals surface area contributed by atoms with Crippen LogP contribution in [0.3, 0.4) is 0 Å². The number of hydroxylamine groups is 1. The first kappa shape index (κ1) is 15.7. The Hall–Kier alpha value is -2.57. The molecule has 0 bridgehead atoms. The number of rotatable bonds is 2. The summed E-state index contributed by atoms with van der Waals surface area (Å²) in [5, 5.41) is 4.56. The van der Waals surface area contributed by atoms with Crippen LogP contribution < -0.4 is 10.8 Å². The molecule has 1 saturated heterocycles. The fourth-order valence-corrected chi connectivity index (χ4v) is 4.27. The first-order valence-electron chi connectivity index (χ1n) is 9.07. The lowest BCUT2D eigenvalue weighted by Gasteiger charge is -2.25. The first-order chi connectivity index (χ1) is 12.7. The Kier molecular flexibility index (Phi) is 3.45. The number of hydrogen-bond donors (Lipinski definition) is 3. The molecule has 2 aromatic carbocycles. The summed E-state index contributed by atoms with van der Waals surface area (Å²) in [5.41, 5.74) is 8.63. The van der Waals surface area contributed by atoms with E-state index < -0.39 is 0 Å². The highest BCUT2D eigenvalue weighted by Crippen LogP contribution is 2.35. The molecular weight excluding hydrogens is 325 g/mol. The Labute approximate surface area is 152 Å². The van der Waals surface area contributed by atoms with Crippen LogP contribution in [0.5, 0.6) is 0 Å². The Balaban J connectivity index is 1.62. The Morgan fingerprint density at radius 2 is 1.96 bits per heavy atom. The van der Waals surface area contributed by atoms with Crippen molar-refractivity contribution >= 4 is 24.7 Å². The van der Waals surface area contributed by atoms with Crippen molar-refractivity contribution in [3.63, 3.8) is 0 Å². The minimum Gasteiger partial charge on any atom is -0.354 e. The van der Waals surface area contributed by atoms with Crippen LogP contribution in [0.15, 0.2) is 42.5 Å². The number of aromatic amines is 1. The van der Waals surface area contributed by atoms with Crippen molar-refractivity contribution in [2.24, 2.45) is 0 Å². The highest BCUT2D eigenvalue weighted by atomic mass is 16.6. The van der Waals surface area contributed by atoms with Crippen LogP contribution in [0.1, 0.15) is 34.3 Å². The fraction of sp³-hybridized carbons (Fsp3) is 0.250. The molecule has 0 unspecified atom stereocenters. The third-order valence-corrected chi connectivity index (χ3v) is 5.73. The number of benzene rings is 2. The van der Waals surface area contributed by atoms with Crippen LogP contribution in [-0.4, -0.2) is 25.3 Å². The molecule has 5 nitrogen and oxygen atoms in total. The maximum Gasteiger partial charge on any atom is 0.275 e. The summed E-state index contributed by atoms with van der Waals surface area (Å²) in [4.78, 5) is 21.1. The van der Waals surface area contributed by atoms with Gasteiger partial charge in [-0.3, -0.25) is 9.63 Å². The molecule has 3 N–H and O–H groups in total. The molecule has 130 valence electrons. The van der Waals surface area contributed by atoms with Gasteiger partial charge in [0.1, 0.15) is 14.5 Å².